The van der Waals surface area contributed by atoms with Crippen molar-refractivity contribution in [3.05, 3.63) is 44.7 Å². The van der Waals surface area contributed by atoms with Crippen molar-refractivity contribution >= 4 is 50.4 Å². The number of nitrogens with zero attached hydrogens (tertiary/aromatic N) is 2. The summed E-state index contributed by atoms with van der Waals surface area (Å²) in [7, 11) is -4.19. The Labute approximate surface area is 185 Å². The summed E-state index contributed by atoms with van der Waals surface area (Å²) in [5.74, 6) is -0.0452. The van der Waals surface area contributed by atoms with E-state index in [1.807, 2.05) is 6.07 Å². The highest BCUT2D eigenvalue weighted by Gasteiger charge is 2.28. The molecule has 0 bridgehead atoms. The SMILES string of the molecule is Cc1noc(NS(=O)(=O)c2ccsc2C(=O)Nc2cc3c(cc2CC#N)OCO3)c1Cl. The molecule has 3 heterocycles. The van der Waals surface area contributed by atoms with Gasteiger partial charge in [0, 0.05) is 11.8 Å². The number of halogens is 1. The first-order chi connectivity index (χ1) is 14.8. The van der Waals surface area contributed by atoms with Crippen molar-refractivity contribution in [3.8, 4) is 17.6 Å². The third kappa shape index (κ3) is 4.02. The molecule has 160 valence electrons. The van der Waals surface area contributed by atoms with Crippen LogP contribution in [0.4, 0.5) is 11.6 Å². The number of benzene rings is 1. The van der Waals surface area contributed by atoms with E-state index in [1.165, 1.54) is 17.5 Å². The van der Waals surface area contributed by atoms with Crippen molar-refractivity contribution in [1.82, 2.24) is 5.16 Å². The number of thiophene rings is 1. The average molecular weight is 481 g/mol. The molecule has 1 aromatic carbocycles. The third-order valence-electron chi connectivity index (χ3n) is 4.26. The molecule has 0 radical (unpaired) electrons. The Balaban J connectivity index is 1.63. The quantitative estimate of drug-likeness (QED) is 0.545. The molecule has 1 aliphatic heterocycles. The lowest BCUT2D eigenvalue weighted by atomic mass is 10.1. The van der Waals surface area contributed by atoms with Crippen LogP contribution in [-0.4, -0.2) is 26.3 Å². The zero-order chi connectivity index (χ0) is 22.2. The average Bonchev–Trinajstić information content (AvgIpc) is 3.45. The fourth-order valence-electron chi connectivity index (χ4n) is 2.78. The van der Waals surface area contributed by atoms with E-state index in [1.54, 1.807) is 13.0 Å². The van der Waals surface area contributed by atoms with Gasteiger partial charge in [-0.3, -0.25) is 4.79 Å². The monoisotopic (exact) mass is 480 g/mol. The smallest absolute Gasteiger partial charge is 0.267 e. The molecule has 0 saturated heterocycles. The molecule has 0 unspecified atom stereocenters. The highest BCUT2D eigenvalue weighted by molar-refractivity contribution is 7.93. The number of aromatic nitrogens is 1. The van der Waals surface area contributed by atoms with Gasteiger partial charge in [-0.1, -0.05) is 16.8 Å². The fraction of sp³-hybridized carbons (Fsp3) is 0.167. The first-order valence-corrected chi connectivity index (χ1v) is 11.4. The van der Waals surface area contributed by atoms with Crippen LogP contribution in [0, 0.1) is 18.3 Å². The topological polar surface area (TPSA) is 144 Å². The summed E-state index contributed by atoms with van der Waals surface area (Å²) in [4.78, 5) is 12.6. The van der Waals surface area contributed by atoms with Crippen LogP contribution in [0.1, 0.15) is 20.9 Å². The number of fused-ring (bicyclic) bond motifs is 1. The summed E-state index contributed by atoms with van der Waals surface area (Å²) in [5.41, 5.74) is 1.13. The second kappa shape index (κ2) is 8.10. The van der Waals surface area contributed by atoms with Gasteiger partial charge in [0.25, 0.3) is 21.8 Å². The van der Waals surface area contributed by atoms with Gasteiger partial charge in [0.1, 0.15) is 20.5 Å². The van der Waals surface area contributed by atoms with E-state index >= 15 is 0 Å². The van der Waals surface area contributed by atoms with Crippen molar-refractivity contribution in [2.24, 2.45) is 0 Å². The van der Waals surface area contributed by atoms with Crippen LogP contribution in [0.25, 0.3) is 0 Å². The highest BCUT2D eigenvalue weighted by Crippen LogP contribution is 2.38. The molecule has 0 spiro atoms. The number of aryl methyl sites for hydroxylation is 1. The Kier molecular flexibility index (Phi) is 5.48. The number of sulfonamides is 1. The summed E-state index contributed by atoms with van der Waals surface area (Å²) in [6.45, 7) is 1.58. The van der Waals surface area contributed by atoms with Crippen LogP contribution < -0.4 is 19.5 Å². The third-order valence-corrected chi connectivity index (χ3v) is 7.12. The number of ether oxygens (including phenoxy) is 2. The molecule has 2 aromatic heterocycles. The highest BCUT2D eigenvalue weighted by atomic mass is 35.5. The summed E-state index contributed by atoms with van der Waals surface area (Å²) >= 11 is 6.91. The standard InChI is InChI=1S/C18H13ClN4O6S2/c1-9-15(19)18(29-22-9)23-31(25,26)14-3-5-30-16(14)17(24)21-11-7-13-12(27-8-28-13)6-10(11)2-4-20/h3,5-7,23H,2,8H2,1H3,(H,21,24). The van der Waals surface area contributed by atoms with Crippen LogP contribution in [0.2, 0.25) is 5.02 Å². The maximum atomic E-state index is 12.9. The van der Waals surface area contributed by atoms with Crippen molar-refractivity contribution in [1.29, 1.82) is 5.26 Å². The molecule has 10 nitrogen and oxygen atoms in total. The van der Waals surface area contributed by atoms with Crippen molar-refractivity contribution in [2.45, 2.75) is 18.2 Å². The van der Waals surface area contributed by atoms with Gasteiger partial charge in [0.2, 0.25) is 6.79 Å². The lowest BCUT2D eigenvalue weighted by molar-refractivity contribution is 0.102. The maximum absolute atomic E-state index is 12.9. The van der Waals surface area contributed by atoms with Gasteiger partial charge >= 0.3 is 0 Å². The number of nitriles is 1. The largest absolute Gasteiger partial charge is 0.454 e. The van der Waals surface area contributed by atoms with E-state index in [0.717, 1.165) is 11.3 Å². The Hall–Kier alpha value is -3.27. The number of hydrogen-bond acceptors (Lipinski definition) is 9. The van der Waals surface area contributed by atoms with Crippen LogP contribution >= 0.6 is 22.9 Å². The molecule has 0 atom stereocenters. The zero-order valence-electron chi connectivity index (χ0n) is 15.8. The normalized spacial score (nSPS) is 12.4. The van der Waals surface area contributed by atoms with Crippen LogP contribution in [0.3, 0.4) is 0 Å². The number of carbonyl (C=O) groups excluding carboxylic acids is 1. The number of rotatable bonds is 6. The molecule has 0 saturated carbocycles. The zero-order valence-corrected chi connectivity index (χ0v) is 18.2. The van der Waals surface area contributed by atoms with E-state index in [9.17, 15) is 13.2 Å². The van der Waals surface area contributed by atoms with E-state index in [0.29, 0.717) is 28.4 Å². The minimum absolute atomic E-state index is 0.00670. The van der Waals surface area contributed by atoms with Gasteiger partial charge in [0.05, 0.1) is 12.5 Å². The number of amides is 1. The first kappa shape index (κ1) is 21.0. The minimum atomic E-state index is -4.19. The number of anilines is 2. The molecule has 31 heavy (non-hydrogen) atoms. The summed E-state index contributed by atoms with van der Waals surface area (Å²) in [5, 5.41) is 16.8. The Bertz CT molecular complexity index is 1330. The lowest BCUT2D eigenvalue weighted by Crippen LogP contribution is -2.19. The molecule has 0 aliphatic carbocycles. The number of hydrogen-bond donors (Lipinski definition) is 2. The number of nitrogens with one attached hydrogen (secondary N) is 2. The van der Waals surface area contributed by atoms with Gasteiger partial charge in [-0.2, -0.15) is 5.26 Å². The first-order valence-electron chi connectivity index (χ1n) is 8.63. The predicted octanol–water partition coefficient (Wildman–Crippen LogP) is 3.55. The molecule has 2 N–H and O–H groups in total. The minimum Gasteiger partial charge on any atom is -0.454 e. The molecule has 13 heteroatoms. The van der Waals surface area contributed by atoms with Crippen molar-refractivity contribution in [2.75, 3.05) is 16.8 Å². The summed E-state index contributed by atoms with van der Waals surface area (Å²) in [6.07, 6.45) is 0.00670. The van der Waals surface area contributed by atoms with Gasteiger partial charge in [0.15, 0.2) is 11.5 Å². The Morgan fingerprint density at radius 3 is 2.77 bits per heavy atom. The van der Waals surface area contributed by atoms with Gasteiger partial charge < -0.3 is 19.3 Å². The lowest BCUT2D eigenvalue weighted by Gasteiger charge is -2.11. The number of carbonyl (C=O) groups is 1. The van der Waals surface area contributed by atoms with Crippen LogP contribution in [0.15, 0.2) is 33.0 Å². The van der Waals surface area contributed by atoms with Crippen LogP contribution in [-0.2, 0) is 16.4 Å². The van der Waals surface area contributed by atoms with Gasteiger partial charge in [-0.25, -0.2) is 13.1 Å². The van der Waals surface area contributed by atoms with Crippen molar-refractivity contribution < 1.29 is 27.2 Å². The molecule has 4 rings (SSSR count). The second-order valence-electron chi connectivity index (χ2n) is 6.28. The van der Waals surface area contributed by atoms with E-state index in [4.69, 9.17) is 30.9 Å². The second-order valence-corrected chi connectivity index (χ2v) is 9.23. The van der Waals surface area contributed by atoms with Gasteiger partial charge in [-0.05, 0) is 30.0 Å². The fourth-order valence-corrected chi connectivity index (χ4v) is 5.28. The molecule has 3 aromatic rings. The molecular formula is C18H13ClN4O6S2. The van der Waals surface area contributed by atoms with E-state index < -0.39 is 15.9 Å². The van der Waals surface area contributed by atoms with Gasteiger partial charge in [-0.15, -0.1) is 11.3 Å². The molecule has 1 aliphatic rings. The Morgan fingerprint density at radius 2 is 2.10 bits per heavy atom. The predicted molar refractivity (Wildman–Crippen MR) is 111 cm³/mol. The van der Waals surface area contributed by atoms with Crippen molar-refractivity contribution in [3.63, 3.8) is 0 Å². The maximum Gasteiger partial charge on any atom is 0.267 e. The molecule has 1 amide bonds. The van der Waals surface area contributed by atoms with E-state index in [2.05, 4.69) is 15.2 Å². The Morgan fingerprint density at radius 1 is 1.35 bits per heavy atom. The van der Waals surface area contributed by atoms with E-state index in [-0.39, 0.29) is 33.9 Å². The molecule has 0 fully saturated rings. The molecular weight excluding hydrogens is 468 g/mol. The summed E-state index contributed by atoms with van der Waals surface area (Å²) < 4.78 is 43.3. The van der Waals surface area contributed by atoms with Crippen LogP contribution in [0.5, 0.6) is 11.5 Å². The summed E-state index contributed by atoms with van der Waals surface area (Å²) in [6, 6.07) is 6.43.